The van der Waals surface area contributed by atoms with Crippen LogP contribution in [0.1, 0.15) is 30.2 Å². The number of oxime groups is 1. The molecule has 1 aliphatic rings. The van der Waals surface area contributed by atoms with E-state index in [-0.39, 0.29) is 6.10 Å². The molecule has 29 heavy (non-hydrogen) atoms. The maximum Gasteiger partial charge on any atom is 0.258 e. The molecule has 0 bridgehead atoms. The lowest BCUT2D eigenvalue weighted by Crippen LogP contribution is -2.39. The molecule has 0 aliphatic carbocycles. The zero-order chi connectivity index (χ0) is 20.1. The number of aromatic nitrogens is 4. The third-order valence-electron chi connectivity index (χ3n) is 4.69. The van der Waals surface area contributed by atoms with E-state index < -0.39 is 0 Å². The van der Waals surface area contributed by atoms with Gasteiger partial charge in [0.05, 0.1) is 16.2 Å². The number of piperidine rings is 1. The zero-order valence-electron chi connectivity index (χ0n) is 16.4. The van der Waals surface area contributed by atoms with Crippen LogP contribution >= 0.6 is 11.3 Å². The van der Waals surface area contributed by atoms with Crippen molar-refractivity contribution in [1.82, 2.24) is 19.9 Å². The van der Waals surface area contributed by atoms with Crippen LogP contribution in [0.15, 0.2) is 47.5 Å². The summed E-state index contributed by atoms with van der Waals surface area (Å²) >= 11 is 1.61. The third-order valence-corrected chi connectivity index (χ3v) is 5.67. The minimum atomic E-state index is 0.0766. The summed E-state index contributed by atoms with van der Waals surface area (Å²) in [6.07, 6.45) is 6.79. The van der Waals surface area contributed by atoms with Crippen molar-refractivity contribution >= 4 is 23.0 Å². The molecule has 9 heteroatoms. The first-order valence-electron chi connectivity index (χ1n) is 9.46. The summed E-state index contributed by atoms with van der Waals surface area (Å²) in [5.74, 6) is 1.70. The number of anilines is 1. The fourth-order valence-corrected chi connectivity index (χ4v) is 3.73. The second-order valence-corrected chi connectivity index (χ2v) is 7.66. The number of nitrogens with zero attached hydrogens (tertiary/aromatic N) is 6. The van der Waals surface area contributed by atoms with Gasteiger partial charge in [-0.05, 0) is 31.4 Å². The molecule has 3 aromatic rings. The summed E-state index contributed by atoms with van der Waals surface area (Å²) in [6.45, 7) is 5.47. The van der Waals surface area contributed by atoms with Crippen LogP contribution < -0.4 is 14.5 Å². The summed E-state index contributed by atoms with van der Waals surface area (Å²) in [7, 11) is 0. The van der Waals surface area contributed by atoms with Gasteiger partial charge in [0.25, 0.3) is 5.88 Å². The Morgan fingerprint density at radius 2 is 1.86 bits per heavy atom. The molecule has 1 aliphatic heterocycles. The molecule has 150 valence electrons. The zero-order valence-corrected chi connectivity index (χ0v) is 17.2. The van der Waals surface area contributed by atoms with Gasteiger partial charge in [0.1, 0.15) is 12.4 Å². The molecule has 8 nitrogen and oxygen atoms in total. The number of ether oxygens (including phenoxy) is 1. The molecular weight excluding hydrogens is 388 g/mol. The van der Waals surface area contributed by atoms with Gasteiger partial charge in [-0.1, -0.05) is 11.2 Å². The van der Waals surface area contributed by atoms with Gasteiger partial charge in [-0.15, -0.1) is 11.3 Å². The van der Waals surface area contributed by atoms with Crippen LogP contribution in [0.3, 0.4) is 0 Å². The number of hydrogen-bond donors (Lipinski definition) is 0. The highest BCUT2D eigenvalue weighted by Gasteiger charge is 2.23. The molecule has 0 N–H and O–H groups in total. The van der Waals surface area contributed by atoms with E-state index in [1.807, 2.05) is 37.4 Å². The topological polar surface area (TPSA) is 85.6 Å². The van der Waals surface area contributed by atoms with Crippen molar-refractivity contribution in [2.45, 2.75) is 32.8 Å². The smallest absolute Gasteiger partial charge is 0.258 e. The van der Waals surface area contributed by atoms with Crippen LogP contribution in [0.25, 0.3) is 0 Å². The summed E-state index contributed by atoms with van der Waals surface area (Å²) in [4.78, 5) is 25.9. The van der Waals surface area contributed by atoms with E-state index in [0.717, 1.165) is 48.0 Å². The predicted molar refractivity (Wildman–Crippen MR) is 112 cm³/mol. The lowest BCUT2D eigenvalue weighted by molar-refractivity contribution is 0.160. The van der Waals surface area contributed by atoms with Crippen LogP contribution in [0.2, 0.25) is 0 Å². The Morgan fingerprint density at radius 3 is 2.59 bits per heavy atom. The van der Waals surface area contributed by atoms with E-state index in [1.165, 1.54) is 6.33 Å². The van der Waals surface area contributed by atoms with Crippen LogP contribution in [-0.4, -0.2) is 44.8 Å². The van der Waals surface area contributed by atoms with Crippen molar-refractivity contribution in [1.29, 1.82) is 0 Å². The van der Waals surface area contributed by atoms with Crippen molar-refractivity contribution in [3.05, 3.63) is 52.7 Å². The Hall–Kier alpha value is -3.07. The van der Waals surface area contributed by atoms with Crippen molar-refractivity contribution in [2.24, 2.45) is 5.16 Å². The monoisotopic (exact) mass is 410 g/mol. The van der Waals surface area contributed by atoms with Crippen LogP contribution in [0, 0.1) is 6.92 Å². The van der Waals surface area contributed by atoms with Crippen molar-refractivity contribution < 1.29 is 9.57 Å². The predicted octanol–water partition coefficient (Wildman–Crippen LogP) is 3.49. The number of rotatable bonds is 6. The second-order valence-electron chi connectivity index (χ2n) is 6.71. The van der Waals surface area contributed by atoms with Crippen LogP contribution in [-0.2, 0) is 0 Å². The molecule has 4 rings (SSSR count). The molecule has 0 atom stereocenters. The highest BCUT2D eigenvalue weighted by Crippen LogP contribution is 2.26. The highest BCUT2D eigenvalue weighted by atomic mass is 32.1. The Kier molecular flexibility index (Phi) is 5.95. The molecule has 0 radical (unpaired) electrons. The standard InChI is InChI=1S/C20H22N6O2S/c1-14-18(23-13-24-19(14)28-25-15(2)17-5-3-12-29-17)27-16-6-10-26(11-7-16)20-21-8-4-9-22-20/h3-5,8-9,12-13,16H,6-7,10-11H2,1-2H3. The summed E-state index contributed by atoms with van der Waals surface area (Å²) in [6, 6.07) is 5.81. The molecule has 4 heterocycles. The van der Waals surface area contributed by atoms with Gasteiger partial charge in [-0.25, -0.2) is 15.0 Å². The molecule has 1 fully saturated rings. The molecule has 3 aromatic heterocycles. The van der Waals surface area contributed by atoms with Crippen molar-refractivity contribution in [3.63, 3.8) is 0 Å². The molecule has 1 saturated heterocycles. The molecule has 0 saturated carbocycles. The van der Waals surface area contributed by atoms with Gasteiger partial charge in [0.2, 0.25) is 11.8 Å². The maximum absolute atomic E-state index is 6.14. The lowest BCUT2D eigenvalue weighted by atomic mass is 10.1. The SMILES string of the molecule is CC(=NOc1ncnc(OC2CCN(c3ncccn3)CC2)c1C)c1cccs1. The third kappa shape index (κ3) is 4.68. The molecule has 0 spiro atoms. The van der Waals surface area contributed by atoms with Gasteiger partial charge in [0.15, 0.2) is 0 Å². The summed E-state index contributed by atoms with van der Waals surface area (Å²) in [5, 5.41) is 6.20. The molecule has 0 amide bonds. The second kappa shape index (κ2) is 8.95. The fraction of sp³-hybridized carbons (Fsp3) is 0.350. The average Bonchev–Trinajstić information content (AvgIpc) is 3.30. The molecular formula is C20H22N6O2S. The fourth-order valence-electron chi connectivity index (χ4n) is 3.06. The Labute approximate surface area is 173 Å². The normalized spacial score (nSPS) is 15.4. The summed E-state index contributed by atoms with van der Waals surface area (Å²) in [5.41, 5.74) is 1.54. The summed E-state index contributed by atoms with van der Waals surface area (Å²) < 4.78 is 6.14. The Balaban J connectivity index is 1.37. The maximum atomic E-state index is 6.14. The first-order chi connectivity index (χ1) is 14.2. The minimum Gasteiger partial charge on any atom is -0.474 e. The first kappa shape index (κ1) is 19.3. The van der Waals surface area contributed by atoms with Crippen LogP contribution in [0.4, 0.5) is 5.95 Å². The van der Waals surface area contributed by atoms with E-state index in [4.69, 9.17) is 9.57 Å². The quantitative estimate of drug-likeness (QED) is 0.454. The van der Waals surface area contributed by atoms with Gasteiger partial charge < -0.3 is 14.5 Å². The van der Waals surface area contributed by atoms with Gasteiger partial charge in [-0.2, -0.15) is 4.98 Å². The lowest BCUT2D eigenvalue weighted by Gasteiger charge is -2.32. The Morgan fingerprint density at radius 1 is 1.10 bits per heavy atom. The highest BCUT2D eigenvalue weighted by molar-refractivity contribution is 7.12. The Bertz CT molecular complexity index is 956. The van der Waals surface area contributed by atoms with E-state index in [0.29, 0.717) is 11.8 Å². The first-order valence-corrected chi connectivity index (χ1v) is 10.3. The van der Waals surface area contributed by atoms with Crippen LogP contribution in [0.5, 0.6) is 11.8 Å². The largest absolute Gasteiger partial charge is 0.474 e. The number of thiophene rings is 1. The van der Waals surface area contributed by atoms with E-state index in [2.05, 4.69) is 30.0 Å². The van der Waals surface area contributed by atoms with E-state index in [1.54, 1.807) is 23.7 Å². The average molecular weight is 411 g/mol. The molecule has 0 unspecified atom stereocenters. The van der Waals surface area contributed by atoms with Crippen molar-refractivity contribution in [2.75, 3.05) is 18.0 Å². The van der Waals surface area contributed by atoms with Gasteiger partial charge in [0, 0.05) is 38.3 Å². The van der Waals surface area contributed by atoms with E-state index >= 15 is 0 Å². The van der Waals surface area contributed by atoms with Crippen molar-refractivity contribution in [3.8, 4) is 11.8 Å². The van der Waals surface area contributed by atoms with E-state index in [9.17, 15) is 0 Å². The minimum absolute atomic E-state index is 0.0766. The number of hydrogen-bond acceptors (Lipinski definition) is 9. The molecule has 0 aromatic carbocycles. The van der Waals surface area contributed by atoms with Gasteiger partial charge >= 0.3 is 0 Å². The van der Waals surface area contributed by atoms with Gasteiger partial charge in [-0.3, -0.25) is 0 Å².